The highest BCUT2D eigenvalue weighted by Gasteiger charge is 2.32. The Morgan fingerprint density at radius 2 is 1.76 bits per heavy atom. The van der Waals surface area contributed by atoms with Crippen LogP contribution in [0.1, 0.15) is 29.5 Å². The van der Waals surface area contributed by atoms with Gasteiger partial charge in [-0.1, -0.05) is 12.1 Å². The molecule has 2 aliphatic rings. The van der Waals surface area contributed by atoms with Crippen LogP contribution in [-0.2, 0) is 22.6 Å². The lowest BCUT2D eigenvalue weighted by molar-refractivity contribution is -0.137. The highest BCUT2D eigenvalue weighted by Crippen LogP contribution is 2.38. The number of hydrogen-bond acceptors (Lipinski definition) is 4. The Balaban J connectivity index is 1.70. The number of rotatable bonds is 3. The summed E-state index contributed by atoms with van der Waals surface area (Å²) >= 11 is 0. The zero-order valence-corrected chi connectivity index (χ0v) is 19.9. The van der Waals surface area contributed by atoms with Crippen molar-refractivity contribution in [1.29, 1.82) is 0 Å². The maximum atomic E-state index is 13.8. The van der Waals surface area contributed by atoms with E-state index in [1.165, 1.54) is 12.3 Å². The molecule has 0 amide bonds. The summed E-state index contributed by atoms with van der Waals surface area (Å²) in [7, 11) is -0.127. The predicted octanol–water partition coefficient (Wildman–Crippen LogP) is 5.00. The third kappa shape index (κ3) is 3.90. The number of halogens is 3. The van der Waals surface area contributed by atoms with Gasteiger partial charge in [-0.2, -0.15) is 13.2 Å². The van der Waals surface area contributed by atoms with Crippen molar-refractivity contribution in [2.24, 2.45) is 0 Å². The predicted molar refractivity (Wildman–Crippen MR) is 128 cm³/mol. The summed E-state index contributed by atoms with van der Waals surface area (Å²) in [4.78, 5) is 4.26. The van der Waals surface area contributed by atoms with Crippen LogP contribution in [-0.4, -0.2) is 51.0 Å². The third-order valence-corrected chi connectivity index (χ3v) is 8.49. The minimum atomic E-state index is -4.52. The molecule has 0 saturated heterocycles. The van der Waals surface area contributed by atoms with Gasteiger partial charge in [-0.3, -0.25) is 0 Å². The second-order valence-corrected chi connectivity index (χ2v) is 10.9. The van der Waals surface area contributed by atoms with Gasteiger partial charge < -0.3 is 9.80 Å². The first-order chi connectivity index (χ1) is 16.1. The van der Waals surface area contributed by atoms with E-state index in [9.17, 15) is 21.6 Å². The van der Waals surface area contributed by atoms with Crippen LogP contribution in [0.15, 0.2) is 53.6 Å². The molecule has 0 spiro atoms. The summed E-state index contributed by atoms with van der Waals surface area (Å²) in [5, 5.41) is 0.296. The molecule has 0 fully saturated rings. The number of alkyl halides is 3. The van der Waals surface area contributed by atoms with E-state index < -0.39 is 21.8 Å². The van der Waals surface area contributed by atoms with Crippen molar-refractivity contribution in [3.05, 3.63) is 65.4 Å². The molecule has 5 nitrogen and oxygen atoms in total. The van der Waals surface area contributed by atoms with Gasteiger partial charge in [-0.15, -0.1) is 0 Å². The van der Waals surface area contributed by atoms with E-state index in [0.29, 0.717) is 23.9 Å². The van der Waals surface area contributed by atoms with Crippen molar-refractivity contribution in [2.75, 3.05) is 38.6 Å². The number of fused-ring (bicyclic) bond motifs is 2. The fourth-order valence-electron chi connectivity index (χ4n) is 4.86. The lowest BCUT2D eigenvalue weighted by atomic mass is 9.98. The number of hydrogen-bond donors (Lipinski definition) is 0. The van der Waals surface area contributed by atoms with Gasteiger partial charge in [0.1, 0.15) is 0 Å². The normalized spacial score (nSPS) is 17.7. The summed E-state index contributed by atoms with van der Waals surface area (Å²) in [6, 6.07) is 8.38. The summed E-state index contributed by atoms with van der Waals surface area (Å²) in [6.45, 7) is 2.25. The molecule has 34 heavy (non-hydrogen) atoms. The van der Waals surface area contributed by atoms with Gasteiger partial charge in [0.15, 0.2) is 0 Å². The molecule has 1 aromatic heterocycles. The van der Waals surface area contributed by atoms with Gasteiger partial charge in [0, 0.05) is 49.5 Å². The average molecular weight is 490 g/mol. The van der Waals surface area contributed by atoms with Crippen LogP contribution in [0.5, 0.6) is 0 Å². The lowest BCUT2D eigenvalue weighted by Crippen LogP contribution is -2.25. The summed E-state index contributed by atoms with van der Waals surface area (Å²) in [5.74, 6) is 0. The number of nitrogens with zero attached hydrogens (tertiary/aromatic N) is 3. The van der Waals surface area contributed by atoms with Gasteiger partial charge in [0.2, 0.25) is 0 Å². The van der Waals surface area contributed by atoms with Crippen molar-refractivity contribution in [3.8, 4) is 0 Å². The molecule has 3 aromatic rings. The quantitative estimate of drug-likeness (QED) is 0.520. The molecule has 2 aromatic carbocycles. The van der Waals surface area contributed by atoms with Crippen LogP contribution in [0, 0.1) is 0 Å². The van der Waals surface area contributed by atoms with E-state index in [1.807, 2.05) is 31.1 Å². The fraction of sp³-hybridized carbons (Fsp3) is 0.360. The summed E-state index contributed by atoms with van der Waals surface area (Å²) in [5.41, 5.74) is 2.82. The summed E-state index contributed by atoms with van der Waals surface area (Å²) in [6.07, 6.45) is 1.46. The van der Waals surface area contributed by atoms with E-state index in [4.69, 9.17) is 0 Å². The second kappa shape index (κ2) is 8.16. The third-order valence-electron chi connectivity index (χ3n) is 6.82. The van der Waals surface area contributed by atoms with Crippen molar-refractivity contribution in [3.63, 3.8) is 0 Å². The molecular weight excluding hydrogens is 463 g/mol. The Hall–Kier alpha value is -2.78. The topological polar surface area (TPSA) is 45.6 Å². The fourth-order valence-corrected chi connectivity index (χ4v) is 6.25. The van der Waals surface area contributed by atoms with E-state index >= 15 is 0 Å². The zero-order chi connectivity index (χ0) is 24.3. The number of aromatic nitrogens is 1. The van der Waals surface area contributed by atoms with Gasteiger partial charge in [0.05, 0.1) is 16.0 Å². The number of likely N-dealkylation sites (N-methyl/N-ethyl adjacent to an activating group) is 1. The standard InChI is InChI=1S/C25H26F3N3O2S/c1-29-12-9-17(10-13-29)22-16-31(23-8-6-19(14-21(22)23)25(26,27)28)34(32,33)20-7-5-18-4-3-11-30(2)24(18)15-20/h5-9,14-16H,3-4,10-13H2,1-2H3. The molecule has 9 heteroatoms. The van der Waals surface area contributed by atoms with Crippen molar-refractivity contribution in [2.45, 2.75) is 30.3 Å². The van der Waals surface area contributed by atoms with E-state index in [-0.39, 0.29) is 10.4 Å². The first-order valence-corrected chi connectivity index (χ1v) is 12.7. The Morgan fingerprint density at radius 3 is 2.47 bits per heavy atom. The first kappa shape index (κ1) is 23.0. The minimum Gasteiger partial charge on any atom is -0.374 e. The number of aryl methyl sites for hydroxylation is 1. The van der Waals surface area contributed by atoms with Crippen LogP contribution < -0.4 is 4.90 Å². The first-order valence-electron chi connectivity index (χ1n) is 11.3. The Kier molecular flexibility index (Phi) is 5.52. The van der Waals surface area contributed by atoms with Gasteiger partial charge in [-0.25, -0.2) is 12.4 Å². The highest BCUT2D eigenvalue weighted by atomic mass is 32.2. The largest absolute Gasteiger partial charge is 0.416 e. The number of benzene rings is 2. The van der Waals surface area contributed by atoms with Crippen LogP contribution in [0.25, 0.3) is 16.5 Å². The van der Waals surface area contributed by atoms with Gasteiger partial charge in [0.25, 0.3) is 10.0 Å². The zero-order valence-electron chi connectivity index (χ0n) is 19.1. The van der Waals surface area contributed by atoms with Crippen molar-refractivity contribution in [1.82, 2.24) is 8.87 Å². The van der Waals surface area contributed by atoms with E-state index in [1.54, 1.807) is 12.1 Å². The van der Waals surface area contributed by atoms with Crippen molar-refractivity contribution >= 4 is 32.2 Å². The maximum absolute atomic E-state index is 13.8. The minimum absolute atomic E-state index is 0.126. The highest BCUT2D eigenvalue weighted by molar-refractivity contribution is 7.90. The van der Waals surface area contributed by atoms with Crippen LogP contribution in [0.4, 0.5) is 18.9 Å². The molecule has 0 unspecified atom stereocenters. The van der Waals surface area contributed by atoms with Crippen molar-refractivity contribution < 1.29 is 21.6 Å². The Bertz CT molecular complexity index is 1410. The summed E-state index contributed by atoms with van der Waals surface area (Å²) < 4.78 is 69.1. The molecular formula is C25H26F3N3O2S. The van der Waals surface area contributed by atoms with Crippen LogP contribution >= 0.6 is 0 Å². The average Bonchev–Trinajstić information content (AvgIpc) is 3.19. The molecule has 0 bridgehead atoms. The van der Waals surface area contributed by atoms with Crippen LogP contribution in [0.2, 0.25) is 0 Å². The molecule has 5 rings (SSSR count). The molecule has 180 valence electrons. The Labute approximate surface area is 197 Å². The Morgan fingerprint density at radius 1 is 0.971 bits per heavy atom. The molecule has 0 saturated carbocycles. The van der Waals surface area contributed by atoms with Gasteiger partial charge >= 0.3 is 6.18 Å². The SMILES string of the molecule is CN1CC=C(c2cn(S(=O)(=O)c3ccc4c(c3)N(C)CCC4)c3ccc(C(F)(F)F)cc23)CC1. The monoisotopic (exact) mass is 489 g/mol. The lowest BCUT2D eigenvalue weighted by Gasteiger charge is -2.28. The smallest absolute Gasteiger partial charge is 0.374 e. The molecule has 2 aliphatic heterocycles. The maximum Gasteiger partial charge on any atom is 0.416 e. The molecule has 3 heterocycles. The molecule has 0 N–H and O–H groups in total. The second-order valence-electron chi connectivity index (χ2n) is 9.13. The molecule has 0 atom stereocenters. The number of anilines is 1. The van der Waals surface area contributed by atoms with E-state index in [2.05, 4.69) is 4.90 Å². The van der Waals surface area contributed by atoms with Crippen LogP contribution in [0.3, 0.4) is 0 Å². The molecule has 0 radical (unpaired) electrons. The molecule has 0 aliphatic carbocycles. The van der Waals surface area contributed by atoms with E-state index in [0.717, 1.165) is 58.9 Å². The van der Waals surface area contributed by atoms with Gasteiger partial charge in [-0.05, 0) is 67.8 Å².